The summed E-state index contributed by atoms with van der Waals surface area (Å²) < 4.78 is 50.3. The van der Waals surface area contributed by atoms with Crippen LogP contribution in [0.4, 0.5) is 24.7 Å². The Morgan fingerprint density at radius 2 is 1.96 bits per heavy atom. The number of hydroxylamine groups is 1. The average Bonchev–Trinajstić information content (AvgIpc) is 2.90. The number of aromatic amines is 1. The molecule has 2 aromatic rings. The van der Waals surface area contributed by atoms with Crippen LogP contribution < -0.4 is 11.2 Å². The number of amidine groups is 1. The predicted octanol–water partition coefficient (Wildman–Crippen LogP) is 3.28. The van der Waals surface area contributed by atoms with Crippen LogP contribution in [0.15, 0.2) is 22.0 Å². The zero-order valence-electron chi connectivity index (χ0n) is 13.2. The van der Waals surface area contributed by atoms with E-state index < -0.39 is 22.5 Å². The van der Waals surface area contributed by atoms with Crippen molar-refractivity contribution in [3.63, 3.8) is 0 Å². The van der Waals surface area contributed by atoms with Gasteiger partial charge in [0.2, 0.25) is 0 Å². The second-order valence-corrected chi connectivity index (χ2v) is 6.95. The van der Waals surface area contributed by atoms with Gasteiger partial charge in [-0.15, -0.1) is 0 Å². The van der Waals surface area contributed by atoms with E-state index in [2.05, 4.69) is 20.7 Å². The van der Waals surface area contributed by atoms with Gasteiger partial charge in [-0.25, -0.2) is 10.5 Å². The molecule has 0 amide bonds. The number of hydrogen-bond acceptors (Lipinski definition) is 5. The van der Waals surface area contributed by atoms with Crippen LogP contribution in [0.1, 0.15) is 11.3 Å². The molecule has 0 aliphatic carbocycles. The molecule has 1 aromatic heterocycles. The lowest BCUT2D eigenvalue weighted by atomic mass is 10.2. The van der Waals surface area contributed by atoms with Gasteiger partial charge in [-0.05, 0) is 12.1 Å². The van der Waals surface area contributed by atoms with Crippen LogP contribution in [0, 0.1) is 0 Å². The van der Waals surface area contributed by atoms with Crippen molar-refractivity contribution in [2.24, 2.45) is 4.99 Å². The van der Waals surface area contributed by atoms with Crippen molar-refractivity contribution in [3.8, 4) is 0 Å². The van der Waals surface area contributed by atoms with E-state index in [1.54, 1.807) is 0 Å². The molecule has 26 heavy (non-hydrogen) atoms. The Kier molecular flexibility index (Phi) is 6.17. The molecule has 1 aromatic carbocycles. The van der Waals surface area contributed by atoms with E-state index in [9.17, 15) is 17.4 Å². The zero-order valence-corrected chi connectivity index (χ0v) is 15.6. The first-order valence-corrected chi connectivity index (χ1v) is 8.99. The topological polar surface area (TPSA) is 105 Å². The Hall–Kier alpha value is -1.82. The van der Waals surface area contributed by atoms with Crippen molar-refractivity contribution < 1.29 is 22.2 Å². The Labute approximate surface area is 158 Å². The molecule has 1 heterocycles. The minimum Gasteiger partial charge on any atom is -0.381 e. The van der Waals surface area contributed by atoms with Crippen molar-refractivity contribution in [3.05, 3.63) is 33.4 Å². The number of alkyl halides is 3. The highest BCUT2D eigenvalue weighted by Crippen LogP contribution is 2.40. The Morgan fingerprint density at radius 1 is 1.38 bits per heavy atom. The number of anilines is 1. The molecule has 1 unspecified atom stereocenters. The SMILES string of the molecule is CONC(=Nc1c(Cl)cc(C(F)(F)F)cc1Cl)c1[nH]nc(N)c1S(C)=O. The minimum atomic E-state index is -4.62. The number of aliphatic imine (C=N–C) groups is 1. The summed E-state index contributed by atoms with van der Waals surface area (Å²) in [6.07, 6.45) is -3.25. The number of nitrogens with zero attached hydrogens (tertiary/aromatic N) is 2. The van der Waals surface area contributed by atoms with Crippen LogP contribution in [0.2, 0.25) is 10.0 Å². The third-order valence-corrected chi connectivity index (χ3v) is 4.60. The Morgan fingerprint density at radius 3 is 2.42 bits per heavy atom. The van der Waals surface area contributed by atoms with Crippen LogP contribution >= 0.6 is 23.2 Å². The molecule has 2 rings (SSSR count). The highest BCUT2D eigenvalue weighted by atomic mass is 35.5. The summed E-state index contributed by atoms with van der Waals surface area (Å²) in [5, 5.41) is 5.59. The maximum absolute atomic E-state index is 12.8. The highest BCUT2D eigenvalue weighted by Gasteiger charge is 2.32. The second kappa shape index (κ2) is 7.82. The fourth-order valence-corrected chi connectivity index (χ4v) is 3.31. The first kappa shape index (κ1) is 20.5. The van der Waals surface area contributed by atoms with Crippen molar-refractivity contribution in [1.82, 2.24) is 15.7 Å². The number of aromatic nitrogens is 2. The normalized spacial score (nSPS) is 13.7. The molecule has 0 radical (unpaired) electrons. The molecule has 13 heteroatoms. The number of H-pyrrole nitrogens is 1. The van der Waals surface area contributed by atoms with Gasteiger partial charge in [0.1, 0.15) is 16.3 Å². The number of nitrogens with two attached hydrogens (primary N) is 1. The van der Waals surface area contributed by atoms with Crippen LogP contribution in [0.5, 0.6) is 0 Å². The molecular weight excluding hydrogens is 418 g/mol. The van der Waals surface area contributed by atoms with Gasteiger partial charge in [-0.1, -0.05) is 23.2 Å². The van der Waals surface area contributed by atoms with Gasteiger partial charge in [-0.3, -0.25) is 14.1 Å². The lowest BCUT2D eigenvalue weighted by Crippen LogP contribution is -2.25. The molecule has 0 saturated heterocycles. The van der Waals surface area contributed by atoms with Gasteiger partial charge in [0.25, 0.3) is 0 Å². The average molecular weight is 430 g/mol. The highest BCUT2D eigenvalue weighted by molar-refractivity contribution is 7.84. The number of halogens is 5. The summed E-state index contributed by atoms with van der Waals surface area (Å²) in [6.45, 7) is 0. The monoisotopic (exact) mass is 429 g/mol. The number of hydrogen-bond donors (Lipinski definition) is 3. The van der Waals surface area contributed by atoms with E-state index in [4.69, 9.17) is 33.8 Å². The zero-order chi connectivity index (χ0) is 19.6. The molecule has 0 aliphatic heterocycles. The van der Waals surface area contributed by atoms with Crippen LogP contribution in [-0.4, -0.2) is 33.6 Å². The smallest absolute Gasteiger partial charge is 0.381 e. The molecule has 0 aliphatic rings. The van der Waals surface area contributed by atoms with E-state index >= 15 is 0 Å². The van der Waals surface area contributed by atoms with Crippen molar-refractivity contribution in [2.75, 3.05) is 19.1 Å². The van der Waals surface area contributed by atoms with Gasteiger partial charge < -0.3 is 5.73 Å². The van der Waals surface area contributed by atoms with Crippen LogP contribution in [0.3, 0.4) is 0 Å². The maximum Gasteiger partial charge on any atom is 0.416 e. The second-order valence-electron chi connectivity index (χ2n) is 4.82. The largest absolute Gasteiger partial charge is 0.416 e. The standard InChI is InChI=1S/C13H12Cl2F3N5O2S/c1-25-23-12(9-10(26(2)24)11(19)22-21-9)20-8-6(14)3-5(4-7(8)15)13(16,17)18/h3-4H,1-2H3,(H,20,23)(H3,19,21,22). The predicted molar refractivity (Wildman–Crippen MR) is 93.1 cm³/mol. The Balaban J connectivity index is 2.63. The van der Waals surface area contributed by atoms with Gasteiger partial charge >= 0.3 is 6.18 Å². The van der Waals surface area contributed by atoms with E-state index in [1.165, 1.54) is 13.4 Å². The van der Waals surface area contributed by atoms with Crippen LogP contribution in [0.25, 0.3) is 0 Å². The van der Waals surface area contributed by atoms with E-state index in [-0.39, 0.29) is 38.0 Å². The molecule has 0 spiro atoms. The van der Waals surface area contributed by atoms with E-state index in [0.29, 0.717) is 12.1 Å². The molecule has 0 saturated carbocycles. The van der Waals surface area contributed by atoms with Gasteiger partial charge in [-0.2, -0.15) is 18.3 Å². The fourth-order valence-electron chi connectivity index (χ4n) is 1.97. The van der Waals surface area contributed by atoms with E-state index in [0.717, 1.165) is 0 Å². The first-order chi connectivity index (χ1) is 12.1. The van der Waals surface area contributed by atoms with Gasteiger partial charge in [0.15, 0.2) is 11.7 Å². The molecule has 0 bridgehead atoms. The summed E-state index contributed by atoms with van der Waals surface area (Å²) in [6, 6.07) is 1.38. The molecular formula is C13H12Cl2F3N5O2S. The summed E-state index contributed by atoms with van der Waals surface area (Å²) in [5.41, 5.74) is 7.00. The lowest BCUT2D eigenvalue weighted by Gasteiger charge is -2.12. The molecule has 142 valence electrons. The minimum absolute atomic E-state index is 0.0314. The number of benzene rings is 1. The maximum atomic E-state index is 12.8. The molecule has 1 atom stereocenters. The van der Waals surface area contributed by atoms with Crippen molar-refractivity contribution in [1.29, 1.82) is 0 Å². The number of nitrogens with one attached hydrogen (secondary N) is 2. The summed E-state index contributed by atoms with van der Waals surface area (Å²) in [5.74, 6) is -0.110. The Bertz CT molecular complexity index is 862. The van der Waals surface area contributed by atoms with Gasteiger partial charge in [0, 0.05) is 6.26 Å². The summed E-state index contributed by atoms with van der Waals surface area (Å²) >= 11 is 11.8. The van der Waals surface area contributed by atoms with E-state index in [1.807, 2.05) is 0 Å². The quantitative estimate of drug-likeness (QED) is 0.392. The fraction of sp³-hybridized carbons (Fsp3) is 0.231. The lowest BCUT2D eigenvalue weighted by molar-refractivity contribution is -0.137. The van der Waals surface area contributed by atoms with Crippen molar-refractivity contribution >= 4 is 51.3 Å². The summed E-state index contributed by atoms with van der Waals surface area (Å²) in [4.78, 5) is 9.01. The summed E-state index contributed by atoms with van der Waals surface area (Å²) in [7, 11) is -0.268. The molecule has 4 N–H and O–H groups in total. The molecule has 0 fully saturated rings. The van der Waals surface area contributed by atoms with Crippen molar-refractivity contribution in [2.45, 2.75) is 11.1 Å². The van der Waals surface area contributed by atoms with Gasteiger partial charge in [0.05, 0.1) is 33.5 Å². The first-order valence-electron chi connectivity index (χ1n) is 6.67. The number of rotatable bonds is 4. The van der Waals surface area contributed by atoms with Crippen LogP contribution in [-0.2, 0) is 21.8 Å². The third-order valence-electron chi connectivity index (χ3n) is 3.04. The molecule has 7 nitrogen and oxygen atoms in total. The third kappa shape index (κ3) is 4.29. The number of nitrogen functional groups attached to an aromatic ring is 1.